The van der Waals surface area contributed by atoms with E-state index in [1.807, 2.05) is 7.05 Å². The number of hydrogen-bond acceptors (Lipinski definition) is 4. The number of nitrogens with one attached hydrogen (secondary N) is 2. The number of unbranched alkanes of at least 4 members (excludes halogenated alkanes) is 1. The monoisotopic (exact) mass is 428 g/mol. The van der Waals surface area contributed by atoms with Gasteiger partial charge in [-0.2, -0.15) is 0 Å². The molecule has 1 aromatic rings. The van der Waals surface area contributed by atoms with E-state index in [1.54, 1.807) is 0 Å². The molecule has 0 saturated carbocycles. The van der Waals surface area contributed by atoms with Gasteiger partial charge in [-0.1, -0.05) is 30.3 Å². The fourth-order valence-electron chi connectivity index (χ4n) is 4.74. The zero-order valence-electron chi connectivity index (χ0n) is 19.2. The fraction of sp³-hybridized carbons (Fsp3) is 0.667. The lowest BCUT2D eigenvalue weighted by molar-refractivity contribution is -0.123. The summed E-state index contributed by atoms with van der Waals surface area (Å²) in [5.41, 5.74) is 6.79. The number of carbonyl (C=O) groups excluding carboxylic acids is 1. The second-order valence-corrected chi connectivity index (χ2v) is 9.07. The molecule has 0 aliphatic carbocycles. The number of piperidine rings is 1. The summed E-state index contributed by atoms with van der Waals surface area (Å²) >= 11 is 0. The predicted molar refractivity (Wildman–Crippen MR) is 127 cm³/mol. The Kier molecular flexibility index (Phi) is 9.15. The van der Waals surface area contributed by atoms with Crippen LogP contribution >= 0.6 is 0 Å². The Balaban J connectivity index is 1.30. The van der Waals surface area contributed by atoms with Gasteiger partial charge in [-0.15, -0.1) is 0 Å². The molecule has 0 radical (unpaired) electrons. The second-order valence-electron chi connectivity index (χ2n) is 9.07. The molecule has 2 aliphatic heterocycles. The molecule has 0 aromatic heterocycles. The van der Waals surface area contributed by atoms with Gasteiger partial charge in [-0.3, -0.25) is 14.7 Å². The third-order valence-corrected chi connectivity index (χ3v) is 6.68. The molecule has 172 valence electrons. The lowest BCUT2D eigenvalue weighted by Crippen LogP contribution is -2.45. The van der Waals surface area contributed by atoms with Crippen LogP contribution in [0.1, 0.15) is 44.6 Å². The Morgan fingerprint density at radius 1 is 1.19 bits per heavy atom. The van der Waals surface area contributed by atoms with Gasteiger partial charge >= 0.3 is 0 Å². The first-order valence-electron chi connectivity index (χ1n) is 11.8. The van der Waals surface area contributed by atoms with Gasteiger partial charge in [0, 0.05) is 44.7 Å². The van der Waals surface area contributed by atoms with Crippen molar-refractivity contribution in [2.45, 2.75) is 57.7 Å². The number of likely N-dealkylation sites (tertiary alicyclic amines) is 2. The summed E-state index contributed by atoms with van der Waals surface area (Å²) in [6, 6.07) is 11.7. The van der Waals surface area contributed by atoms with Gasteiger partial charge in [0.1, 0.15) is 0 Å². The lowest BCUT2D eigenvalue weighted by atomic mass is 9.96. The highest BCUT2D eigenvalue weighted by atomic mass is 16.1. The number of amides is 1. The first-order valence-corrected chi connectivity index (χ1v) is 11.8. The zero-order chi connectivity index (χ0) is 22.1. The van der Waals surface area contributed by atoms with Crippen molar-refractivity contribution in [2.24, 2.45) is 16.6 Å². The van der Waals surface area contributed by atoms with E-state index in [1.165, 1.54) is 5.56 Å². The molecular formula is C24H40N6O. The summed E-state index contributed by atoms with van der Waals surface area (Å²) in [7, 11) is 1.85. The van der Waals surface area contributed by atoms with E-state index < -0.39 is 0 Å². The SMILES string of the molecule is CN=C(NCCCCN1CCC(C(N)=O)CC1)NC1CC(C)N(Cc2ccccc2)C1. The van der Waals surface area contributed by atoms with Crippen molar-refractivity contribution >= 4 is 11.9 Å². The maximum Gasteiger partial charge on any atom is 0.220 e. The fourth-order valence-corrected chi connectivity index (χ4v) is 4.74. The van der Waals surface area contributed by atoms with Crippen LogP contribution in [0.4, 0.5) is 0 Å². The van der Waals surface area contributed by atoms with Crippen LogP contribution in [0.15, 0.2) is 35.3 Å². The molecule has 2 unspecified atom stereocenters. The minimum atomic E-state index is -0.137. The molecule has 2 fully saturated rings. The van der Waals surface area contributed by atoms with Gasteiger partial charge in [-0.05, 0) is 64.2 Å². The largest absolute Gasteiger partial charge is 0.369 e. The molecule has 4 N–H and O–H groups in total. The van der Waals surface area contributed by atoms with Crippen molar-refractivity contribution in [3.8, 4) is 0 Å². The Morgan fingerprint density at radius 2 is 1.94 bits per heavy atom. The van der Waals surface area contributed by atoms with Crippen LogP contribution in [0.5, 0.6) is 0 Å². The van der Waals surface area contributed by atoms with E-state index in [-0.39, 0.29) is 11.8 Å². The number of guanidine groups is 1. The van der Waals surface area contributed by atoms with E-state index >= 15 is 0 Å². The maximum atomic E-state index is 11.3. The molecule has 7 nitrogen and oxygen atoms in total. The standard InChI is InChI=1S/C24H40N6O/c1-19-16-22(18-30(19)17-20-8-4-3-5-9-20)28-24(26-2)27-12-6-7-13-29-14-10-21(11-15-29)23(25)31/h3-5,8-9,19,21-22H,6-7,10-18H2,1-2H3,(H2,25,31)(H2,26,27,28). The van der Waals surface area contributed by atoms with Crippen molar-refractivity contribution in [3.63, 3.8) is 0 Å². The molecule has 31 heavy (non-hydrogen) atoms. The summed E-state index contributed by atoms with van der Waals surface area (Å²) in [4.78, 5) is 20.7. The molecule has 2 saturated heterocycles. The molecule has 0 bridgehead atoms. The maximum absolute atomic E-state index is 11.3. The van der Waals surface area contributed by atoms with Crippen LogP contribution in [0.25, 0.3) is 0 Å². The topological polar surface area (TPSA) is 86.0 Å². The summed E-state index contributed by atoms with van der Waals surface area (Å²) in [5, 5.41) is 7.09. The highest BCUT2D eigenvalue weighted by Gasteiger charge is 2.29. The van der Waals surface area contributed by atoms with Crippen molar-refractivity contribution in [3.05, 3.63) is 35.9 Å². The van der Waals surface area contributed by atoms with E-state index in [0.717, 1.165) is 77.3 Å². The number of benzene rings is 1. The zero-order valence-corrected chi connectivity index (χ0v) is 19.2. The van der Waals surface area contributed by atoms with E-state index in [9.17, 15) is 4.79 Å². The number of hydrogen-bond donors (Lipinski definition) is 3. The average molecular weight is 429 g/mol. The third kappa shape index (κ3) is 7.51. The van der Waals surface area contributed by atoms with E-state index in [0.29, 0.717) is 12.1 Å². The number of rotatable bonds is 9. The minimum Gasteiger partial charge on any atom is -0.369 e. The molecule has 2 heterocycles. The van der Waals surface area contributed by atoms with E-state index in [2.05, 4.69) is 62.7 Å². The number of nitrogens with zero attached hydrogens (tertiary/aromatic N) is 3. The minimum absolute atomic E-state index is 0.0780. The highest BCUT2D eigenvalue weighted by molar-refractivity contribution is 5.80. The summed E-state index contributed by atoms with van der Waals surface area (Å²) in [5.74, 6) is 0.845. The number of primary amides is 1. The first kappa shape index (κ1) is 23.5. The Labute approximate surface area is 187 Å². The normalized spacial score (nSPS) is 23.7. The van der Waals surface area contributed by atoms with Crippen LogP contribution in [0.2, 0.25) is 0 Å². The summed E-state index contributed by atoms with van der Waals surface area (Å²) < 4.78 is 0. The molecule has 3 rings (SSSR count). The highest BCUT2D eigenvalue weighted by Crippen LogP contribution is 2.20. The Hall–Kier alpha value is -2.12. The molecule has 2 atom stereocenters. The smallest absolute Gasteiger partial charge is 0.220 e. The summed E-state index contributed by atoms with van der Waals surface area (Å²) in [6.07, 6.45) is 5.21. The van der Waals surface area contributed by atoms with Crippen molar-refractivity contribution in [2.75, 3.05) is 39.8 Å². The Morgan fingerprint density at radius 3 is 2.61 bits per heavy atom. The van der Waals surface area contributed by atoms with Crippen LogP contribution in [-0.4, -0.2) is 73.5 Å². The molecule has 1 aromatic carbocycles. The van der Waals surface area contributed by atoms with Gasteiger partial charge in [-0.25, -0.2) is 0 Å². The van der Waals surface area contributed by atoms with Crippen LogP contribution in [0.3, 0.4) is 0 Å². The van der Waals surface area contributed by atoms with E-state index in [4.69, 9.17) is 5.73 Å². The van der Waals surface area contributed by atoms with Gasteiger partial charge in [0.25, 0.3) is 0 Å². The van der Waals surface area contributed by atoms with Crippen LogP contribution in [-0.2, 0) is 11.3 Å². The average Bonchev–Trinajstić information content (AvgIpc) is 3.12. The molecule has 0 spiro atoms. The Bertz CT molecular complexity index is 701. The lowest BCUT2D eigenvalue weighted by Gasteiger charge is -2.30. The van der Waals surface area contributed by atoms with Gasteiger partial charge < -0.3 is 21.3 Å². The number of nitrogens with two attached hydrogens (primary N) is 1. The quantitative estimate of drug-likeness (QED) is 0.317. The van der Waals surface area contributed by atoms with Crippen molar-refractivity contribution in [1.29, 1.82) is 0 Å². The van der Waals surface area contributed by atoms with Gasteiger partial charge in [0.15, 0.2) is 5.96 Å². The molecule has 2 aliphatic rings. The van der Waals surface area contributed by atoms with Crippen molar-refractivity contribution < 1.29 is 4.79 Å². The number of aliphatic imine (C=N–C) groups is 1. The predicted octanol–water partition coefficient (Wildman–Crippen LogP) is 1.79. The third-order valence-electron chi connectivity index (χ3n) is 6.68. The molecular weight excluding hydrogens is 388 g/mol. The second kappa shape index (κ2) is 12.1. The van der Waals surface area contributed by atoms with Gasteiger partial charge in [0.05, 0.1) is 0 Å². The van der Waals surface area contributed by atoms with Gasteiger partial charge in [0.2, 0.25) is 5.91 Å². The van der Waals surface area contributed by atoms with Crippen LogP contribution < -0.4 is 16.4 Å². The van der Waals surface area contributed by atoms with Crippen molar-refractivity contribution in [1.82, 2.24) is 20.4 Å². The molecule has 7 heteroatoms. The summed E-state index contributed by atoms with van der Waals surface area (Å²) in [6.45, 7) is 8.35. The number of carbonyl (C=O) groups is 1. The van der Waals surface area contributed by atoms with Crippen LogP contribution in [0, 0.1) is 5.92 Å². The molecule has 1 amide bonds. The first-order chi connectivity index (χ1) is 15.0.